The topological polar surface area (TPSA) is 64.2 Å². The van der Waals surface area contributed by atoms with Crippen LogP contribution in [0.2, 0.25) is 0 Å². The van der Waals surface area contributed by atoms with E-state index in [9.17, 15) is 10.1 Å². The van der Waals surface area contributed by atoms with Crippen molar-refractivity contribution in [3.8, 4) is 0 Å². The zero-order chi connectivity index (χ0) is 14.0. The number of hydrogen-bond donors (Lipinski definition) is 0. The summed E-state index contributed by atoms with van der Waals surface area (Å²) in [5.41, 5.74) is 2.29. The number of benzene rings is 1. The number of aromatic nitrogens is 2. The summed E-state index contributed by atoms with van der Waals surface area (Å²) in [4.78, 5) is 16.1. The predicted molar refractivity (Wildman–Crippen MR) is 73.1 cm³/mol. The van der Waals surface area contributed by atoms with Crippen LogP contribution in [0.15, 0.2) is 30.6 Å². The lowest BCUT2D eigenvalue weighted by Crippen LogP contribution is -2.20. The van der Waals surface area contributed by atoms with Crippen LogP contribution in [0.1, 0.15) is 11.1 Å². The van der Waals surface area contributed by atoms with Crippen molar-refractivity contribution in [3.63, 3.8) is 0 Å². The molecule has 0 aliphatic rings. The van der Waals surface area contributed by atoms with Gasteiger partial charge >= 0.3 is 5.82 Å². The van der Waals surface area contributed by atoms with Gasteiger partial charge in [0.25, 0.3) is 0 Å². The molecule has 0 N–H and O–H groups in total. The van der Waals surface area contributed by atoms with E-state index in [1.54, 1.807) is 11.6 Å². The van der Waals surface area contributed by atoms with E-state index in [0.717, 1.165) is 5.56 Å². The molecule has 2 rings (SSSR count). The lowest BCUT2D eigenvalue weighted by molar-refractivity contribution is -0.388. The predicted octanol–water partition coefficient (Wildman–Crippen LogP) is 2.27. The molecule has 1 aromatic heterocycles. The van der Waals surface area contributed by atoms with Crippen molar-refractivity contribution < 1.29 is 4.92 Å². The Morgan fingerprint density at radius 1 is 1.37 bits per heavy atom. The van der Waals surface area contributed by atoms with Crippen LogP contribution in [0.5, 0.6) is 0 Å². The van der Waals surface area contributed by atoms with Gasteiger partial charge in [0.2, 0.25) is 12.1 Å². The first-order chi connectivity index (χ1) is 8.99. The van der Waals surface area contributed by atoms with Gasteiger partial charge in [0.1, 0.15) is 0 Å². The Balaban J connectivity index is 2.24. The van der Waals surface area contributed by atoms with Gasteiger partial charge in [-0.3, -0.25) is 4.57 Å². The highest BCUT2D eigenvalue weighted by atomic mass is 16.6. The van der Waals surface area contributed by atoms with Gasteiger partial charge < -0.3 is 15.0 Å². The van der Waals surface area contributed by atoms with Gasteiger partial charge in [-0.05, 0) is 22.4 Å². The van der Waals surface area contributed by atoms with E-state index >= 15 is 0 Å². The van der Waals surface area contributed by atoms with E-state index in [-0.39, 0.29) is 5.82 Å². The number of nitrogens with zero attached hydrogens (tertiary/aromatic N) is 4. The van der Waals surface area contributed by atoms with Crippen LogP contribution >= 0.6 is 0 Å². The third-order valence-corrected chi connectivity index (χ3v) is 2.96. The first-order valence-electron chi connectivity index (χ1n) is 5.91. The molecule has 0 aliphatic heterocycles. The van der Waals surface area contributed by atoms with E-state index in [2.05, 4.69) is 4.98 Å². The van der Waals surface area contributed by atoms with Crippen molar-refractivity contribution >= 4 is 11.6 Å². The highest BCUT2D eigenvalue weighted by Gasteiger charge is 2.23. The molecule has 0 saturated heterocycles. The summed E-state index contributed by atoms with van der Waals surface area (Å²) in [7, 11) is 3.57. The van der Waals surface area contributed by atoms with Gasteiger partial charge in [-0.2, -0.15) is 0 Å². The largest absolute Gasteiger partial charge is 0.406 e. The lowest BCUT2D eigenvalue weighted by Gasteiger charge is -2.18. The van der Waals surface area contributed by atoms with Gasteiger partial charge in [0.15, 0.2) is 0 Å². The standard InChI is InChI=1S/C13H16N4O2/c1-10-4-6-11(7-5-10)8-15(2)13-12(17(18)19)14-9-16(13)3/h4-7,9H,8H2,1-3H3. The van der Waals surface area contributed by atoms with Crippen LogP contribution in [-0.2, 0) is 13.6 Å². The Kier molecular flexibility index (Phi) is 3.50. The Hall–Kier alpha value is -2.37. The summed E-state index contributed by atoms with van der Waals surface area (Å²) in [5, 5.41) is 10.9. The molecule has 0 radical (unpaired) electrons. The second-order valence-electron chi connectivity index (χ2n) is 4.60. The molecular weight excluding hydrogens is 244 g/mol. The van der Waals surface area contributed by atoms with Gasteiger partial charge in [0.05, 0.1) is 0 Å². The average Bonchev–Trinajstić information content (AvgIpc) is 2.74. The van der Waals surface area contributed by atoms with Crippen LogP contribution in [0.4, 0.5) is 11.6 Å². The fourth-order valence-electron chi connectivity index (χ4n) is 2.02. The molecule has 0 spiro atoms. The van der Waals surface area contributed by atoms with Crippen LogP contribution in [0, 0.1) is 17.0 Å². The number of rotatable bonds is 4. The van der Waals surface area contributed by atoms with Gasteiger partial charge in [0, 0.05) is 20.6 Å². The molecule has 0 fully saturated rings. The molecule has 6 heteroatoms. The molecule has 0 atom stereocenters. The first-order valence-corrected chi connectivity index (χ1v) is 5.91. The molecule has 0 saturated carbocycles. The van der Waals surface area contributed by atoms with E-state index in [4.69, 9.17) is 0 Å². The zero-order valence-electron chi connectivity index (χ0n) is 11.2. The van der Waals surface area contributed by atoms with Crippen molar-refractivity contribution in [1.82, 2.24) is 9.55 Å². The SMILES string of the molecule is Cc1ccc(CN(C)c2c([N+](=O)[O-])ncn2C)cc1. The smallest absolute Gasteiger partial charge is 0.358 e. The van der Waals surface area contributed by atoms with Crippen LogP contribution < -0.4 is 4.90 Å². The van der Waals surface area contributed by atoms with E-state index in [1.165, 1.54) is 11.9 Å². The van der Waals surface area contributed by atoms with Crippen LogP contribution in [0.25, 0.3) is 0 Å². The Bertz CT molecular complexity index is 589. The second kappa shape index (κ2) is 5.09. The number of anilines is 1. The van der Waals surface area contributed by atoms with Gasteiger partial charge in [-0.25, -0.2) is 0 Å². The minimum absolute atomic E-state index is 0.114. The highest BCUT2D eigenvalue weighted by molar-refractivity contribution is 5.54. The van der Waals surface area contributed by atoms with Crippen LogP contribution in [-0.4, -0.2) is 21.5 Å². The molecule has 0 aliphatic carbocycles. The monoisotopic (exact) mass is 260 g/mol. The van der Waals surface area contributed by atoms with Crippen molar-refractivity contribution in [1.29, 1.82) is 0 Å². The molecule has 6 nitrogen and oxygen atoms in total. The Morgan fingerprint density at radius 2 is 2.00 bits per heavy atom. The first kappa shape index (κ1) is 13.1. The number of imidazole rings is 1. The number of aryl methyl sites for hydroxylation is 2. The van der Waals surface area contributed by atoms with Crippen molar-refractivity contribution in [2.75, 3.05) is 11.9 Å². The maximum absolute atomic E-state index is 10.9. The molecule has 2 aromatic rings. The maximum atomic E-state index is 10.9. The maximum Gasteiger partial charge on any atom is 0.406 e. The molecule has 0 unspecified atom stereocenters. The minimum Gasteiger partial charge on any atom is -0.358 e. The lowest BCUT2D eigenvalue weighted by atomic mass is 10.1. The van der Waals surface area contributed by atoms with Gasteiger partial charge in [-0.1, -0.05) is 29.8 Å². The van der Waals surface area contributed by atoms with E-state index < -0.39 is 4.92 Å². The third-order valence-electron chi connectivity index (χ3n) is 2.96. The normalized spacial score (nSPS) is 10.5. The molecule has 0 bridgehead atoms. The van der Waals surface area contributed by atoms with Gasteiger partial charge in [-0.15, -0.1) is 0 Å². The molecule has 1 heterocycles. The zero-order valence-corrected chi connectivity index (χ0v) is 11.2. The molecular formula is C13H16N4O2. The van der Waals surface area contributed by atoms with E-state index in [0.29, 0.717) is 12.4 Å². The van der Waals surface area contributed by atoms with E-state index in [1.807, 2.05) is 43.1 Å². The number of nitro groups is 1. The highest BCUT2D eigenvalue weighted by Crippen LogP contribution is 2.25. The number of hydrogen-bond acceptors (Lipinski definition) is 4. The quantitative estimate of drug-likeness (QED) is 0.625. The fraction of sp³-hybridized carbons (Fsp3) is 0.308. The van der Waals surface area contributed by atoms with Crippen molar-refractivity contribution in [2.24, 2.45) is 7.05 Å². The summed E-state index contributed by atoms with van der Waals surface area (Å²) in [6.07, 6.45) is 1.46. The summed E-state index contributed by atoms with van der Waals surface area (Å²) < 4.78 is 1.66. The summed E-state index contributed by atoms with van der Waals surface area (Å²) in [6, 6.07) is 8.10. The molecule has 100 valence electrons. The Labute approximate surface area is 111 Å². The summed E-state index contributed by atoms with van der Waals surface area (Å²) in [6.45, 7) is 2.63. The van der Waals surface area contributed by atoms with Crippen LogP contribution in [0.3, 0.4) is 0 Å². The molecule has 0 amide bonds. The third kappa shape index (κ3) is 2.73. The van der Waals surface area contributed by atoms with Crippen molar-refractivity contribution in [2.45, 2.75) is 13.5 Å². The summed E-state index contributed by atoms with van der Waals surface area (Å²) >= 11 is 0. The minimum atomic E-state index is -0.457. The second-order valence-corrected chi connectivity index (χ2v) is 4.60. The Morgan fingerprint density at radius 3 is 2.58 bits per heavy atom. The molecule has 1 aromatic carbocycles. The van der Waals surface area contributed by atoms with Crippen molar-refractivity contribution in [3.05, 3.63) is 51.8 Å². The summed E-state index contributed by atoms with van der Waals surface area (Å²) in [5.74, 6) is 0.391. The average molecular weight is 260 g/mol. The fourth-order valence-corrected chi connectivity index (χ4v) is 2.02. The molecule has 19 heavy (non-hydrogen) atoms.